The van der Waals surface area contributed by atoms with Gasteiger partial charge in [0.25, 0.3) is 0 Å². The lowest BCUT2D eigenvalue weighted by Crippen LogP contribution is -2.39. The van der Waals surface area contributed by atoms with Crippen LogP contribution in [0.2, 0.25) is 0 Å². The van der Waals surface area contributed by atoms with Crippen LogP contribution in [0.4, 0.5) is 0 Å². The van der Waals surface area contributed by atoms with E-state index in [1.54, 1.807) is 0 Å². The molecule has 0 spiro atoms. The first-order chi connectivity index (χ1) is 5.96. The molecule has 2 unspecified atom stereocenters. The molecule has 0 bridgehead atoms. The van der Waals surface area contributed by atoms with Crippen LogP contribution >= 0.6 is 0 Å². The van der Waals surface area contributed by atoms with Gasteiger partial charge < -0.3 is 15.2 Å². The maximum Gasteiger partial charge on any atom is 0.349 e. The lowest BCUT2D eigenvalue weighted by molar-refractivity contribution is -0.148. The van der Waals surface area contributed by atoms with E-state index < -0.39 is 21.7 Å². The molecule has 0 amide bonds. The molecule has 0 saturated carbocycles. The van der Waals surface area contributed by atoms with Crippen molar-refractivity contribution in [2.24, 2.45) is 0 Å². The van der Waals surface area contributed by atoms with Gasteiger partial charge in [0.2, 0.25) is 4.93 Å². The Labute approximate surface area is 76.9 Å². The number of carboxylic acid groups (broad SMARTS) is 1. The second-order valence-corrected chi connectivity index (χ2v) is 4.41. The molecular weight excluding hydrogens is 194 g/mol. The SMILES string of the molecule is CC(O)(C(=O)O)S(=O)c1cc[nH]c1. The third-order valence-corrected chi connectivity index (χ3v) is 3.12. The molecule has 13 heavy (non-hydrogen) atoms. The summed E-state index contributed by atoms with van der Waals surface area (Å²) in [6.07, 6.45) is 2.89. The fraction of sp³-hybridized carbons (Fsp3) is 0.286. The largest absolute Gasteiger partial charge is 0.478 e. The summed E-state index contributed by atoms with van der Waals surface area (Å²) in [5.41, 5.74) is 0. The Morgan fingerprint density at radius 2 is 2.31 bits per heavy atom. The molecule has 1 aromatic heterocycles. The normalized spacial score (nSPS) is 17.7. The predicted molar refractivity (Wildman–Crippen MR) is 45.5 cm³/mol. The Kier molecular flexibility index (Phi) is 2.53. The molecule has 6 heteroatoms. The molecule has 0 aliphatic heterocycles. The highest BCUT2D eigenvalue weighted by atomic mass is 32.2. The summed E-state index contributed by atoms with van der Waals surface area (Å²) in [6.45, 7) is 0.998. The van der Waals surface area contributed by atoms with Gasteiger partial charge in [-0.15, -0.1) is 0 Å². The van der Waals surface area contributed by atoms with Crippen molar-refractivity contribution in [2.45, 2.75) is 16.8 Å². The molecule has 2 atom stereocenters. The lowest BCUT2D eigenvalue weighted by atomic mass is 10.4. The van der Waals surface area contributed by atoms with E-state index in [0.29, 0.717) is 0 Å². The van der Waals surface area contributed by atoms with Crippen molar-refractivity contribution in [1.82, 2.24) is 4.98 Å². The molecule has 0 radical (unpaired) electrons. The molecule has 1 heterocycles. The number of carbonyl (C=O) groups is 1. The van der Waals surface area contributed by atoms with Crippen molar-refractivity contribution in [1.29, 1.82) is 0 Å². The monoisotopic (exact) mass is 203 g/mol. The van der Waals surface area contributed by atoms with Gasteiger partial charge in [0.15, 0.2) is 0 Å². The van der Waals surface area contributed by atoms with E-state index in [1.165, 1.54) is 18.5 Å². The number of aliphatic carboxylic acids is 1. The number of aromatic amines is 1. The molecule has 0 aromatic carbocycles. The summed E-state index contributed by atoms with van der Waals surface area (Å²) in [5.74, 6) is -1.51. The number of nitrogens with one attached hydrogen (secondary N) is 1. The molecule has 1 aromatic rings. The van der Waals surface area contributed by atoms with E-state index in [0.717, 1.165) is 6.92 Å². The third-order valence-electron chi connectivity index (χ3n) is 1.54. The van der Waals surface area contributed by atoms with Gasteiger partial charge in [0.05, 0.1) is 15.7 Å². The van der Waals surface area contributed by atoms with Gasteiger partial charge in [-0.25, -0.2) is 4.79 Å². The van der Waals surface area contributed by atoms with Crippen molar-refractivity contribution < 1.29 is 19.2 Å². The zero-order valence-electron chi connectivity index (χ0n) is 6.85. The molecule has 72 valence electrons. The lowest BCUT2D eigenvalue weighted by Gasteiger charge is -2.15. The highest BCUT2D eigenvalue weighted by Crippen LogP contribution is 2.18. The summed E-state index contributed by atoms with van der Waals surface area (Å²) in [7, 11) is -1.97. The van der Waals surface area contributed by atoms with Gasteiger partial charge in [-0.3, -0.25) is 4.21 Å². The molecular formula is C7H9NO4S. The minimum Gasteiger partial charge on any atom is -0.478 e. The van der Waals surface area contributed by atoms with Crippen LogP contribution in [-0.4, -0.2) is 30.3 Å². The van der Waals surface area contributed by atoms with Gasteiger partial charge in [-0.05, 0) is 13.0 Å². The molecule has 0 aliphatic rings. The van der Waals surface area contributed by atoms with Crippen LogP contribution in [0.15, 0.2) is 23.4 Å². The number of hydrogen-bond donors (Lipinski definition) is 3. The zero-order valence-corrected chi connectivity index (χ0v) is 7.67. The van der Waals surface area contributed by atoms with E-state index >= 15 is 0 Å². The van der Waals surface area contributed by atoms with E-state index in [9.17, 15) is 14.1 Å². The molecule has 5 nitrogen and oxygen atoms in total. The standard InChI is InChI=1S/C7H9NO4S/c1-7(11,6(9)10)13(12)5-2-3-8-4-5/h2-4,8,11H,1H3,(H,9,10). The van der Waals surface area contributed by atoms with E-state index in [2.05, 4.69) is 4.98 Å². The Balaban J connectivity index is 2.98. The third kappa shape index (κ3) is 1.78. The van der Waals surface area contributed by atoms with Crippen LogP contribution in [0, 0.1) is 0 Å². The van der Waals surface area contributed by atoms with Crippen LogP contribution in [-0.2, 0) is 15.6 Å². The quantitative estimate of drug-likeness (QED) is 0.640. The van der Waals surface area contributed by atoms with Crippen molar-refractivity contribution in [2.75, 3.05) is 0 Å². The molecule has 0 aliphatic carbocycles. The van der Waals surface area contributed by atoms with Crippen molar-refractivity contribution in [3.8, 4) is 0 Å². The van der Waals surface area contributed by atoms with Gasteiger partial charge in [-0.2, -0.15) is 0 Å². The zero-order chi connectivity index (χ0) is 10.1. The van der Waals surface area contributed by atoms with Gasteiger partial charge >= 0.3 is 5.97 Å². The van der Waals surface area contributed by atoms with Gasteiger partial charge in [-0.1, -0.05) is 0 Å². The number of hydrogen-bond acceptors (Lipinski definition) is 3. The maximum absolute atomic E-state index is 11.4. The van der Waals surface area contributed by atoms with Crippen molar-refractivity contribution >= 4 is 16.8 Å². The molecule has 3 N–H and O–H groups in total. The first-order valence-electron chi connectivity index (χ1n) is 3.46. The average Bonchev–Trinajstić information content (AvgIpc) is 2.54. The Bertz CT molecular complexity index is 330. The average molecular weight is 203 g/mol. The highest BCUT2D eigenvalue weighted by Gasteiger charge is 2.38. The van der Waals surface area contributed by atoms with Crippen LogP contribution in [0.5, 0.6) is 0 Å². The molecule has 1 rings (SSSR count). The predicted octanol–water partition coefficient (Wildman–Crippen LogP) is -0.0846. The highest BCUT2D eigenvalue weighted by molar-refractivity contribution is 7.87. The Morgan fingerprint density at radius 3 is 2.69 bits per heavy atom. The summed E-state index contributed by atoms with van der Waals surface area (Å²) < 4.78 is 11.4. The first-order valence-corrected chi connectivity index (χ1v) is 4.61. The Hall–Kier alpha value is -1.14. The summed E-state index contributed by atoms with van der Waals surface area (Å²) in [6, 6.07) is 1.45. The maximum atomic E-state index is 11.4. The number of H-pyrrole nitrogens is 1. The fourth-order valence-electron chi connectivity index (χ4n) is 0.733. The first kappa shape index (κ1) is 9.94. The van der Waals surface area contributed by atoms with Gasteiger partial charge in [0, 0.05) is 12.4 Å². The minimum atomic E-state index is -2.25. The summed E-state index contributed by atoms with van der Waals surface area (Å²) >= 11 is 0. The van der Waals surface area contributed by atoms with Crippen molar-refractivity contribution in [3.63, 3.8) is 0 Å². The van der Waals surface area contributed by atoms with Crippen LogP contribution < -0.4 is 0 Å². The number of rotatable bonds is 3. The molecule has 0 saturated heterocycles. The number of carboxylic acids is 1. The Morgan fingerprint density at radius 1 is 1.69 bits per heavy atom. The topological polar surface area (TPSA) is 90.4 Å². The van der Waals surface area contributed by atoms with E-state index in [1.807, 2.05) is 0 Å². The second kappa shape index (κ2) is 3.31. The van der Waals surface area contributed by atoms with E-state index in [-0.39, 0.29) is 4.90 Å². The summed E-state index contributed by atoms with van der Waals surface area (Å²) in [4.78, 5) is 11.1. The fourth-order valence-corrected chi connectivity index (χ4v) is 1.72. The summed E-state index contributed by atoms with van der Waals surface area (Å²) in [5, 5.41) is 17.9. The number of aromatic nitrogens is 1. The number of aliphatic hydroxyl groups is 1. The van der Waals surface area contributed by atoms with Crippen LogP contribution in [0.3, 0.4) is 0 Å². The van der Waals surface area contributed by atoms with Crippen LogP contribution in [0.1, 0.15) is 6.92 Å². The molecule has 0 fully saturated rings. The minimum absolute atomic E-state index is 0.257. The smallest absolute Gasteiger partial charge is 0.349 e. The van der Waals surface area contributed by atoms with Gasteiger partial charge in [0.1, 0.15) is 0 Å². The second-order valence-electron chi connectivity index (χ2n) is 2.60. The van der Waals surface area contributed by atoms with Crippen molar-refractivity contribution in [3.05, 3.63) is 18.5 Å². The van der Waals surface area contributed by atoms with E-state index in [4.69, 9.17) is 5.11 Å². The van der Waals surface area contributed by atoms with Crippen LogP contribution in [0.25, 0.3) is 0 Å².